The lowest BCUT2D eigenvalue weighted by Gasteiger charge is -2.01. The molecule has 1 amide bonds. The first kappa shape index (κ1) is 15.2. The number of benzene rings is 1. The molecule has 0 unspecified atom stereocenters. The molecular weight excluding hydrogens is 310 g/mol. The maximum absolute atomic E-state index is 11.8. The van der Waals surface area contributed by atoms with E-state index in [0.29, 0.717) is 0 Å². The minimum absolute atomic E-state index is 0.174. The summed E-state index contributed by atoms with van der Waals surface area (Å²) in [5.41, 5.74) is 5.36. The zero-order valence-corrected chi connectivity index (χ0v) is 13.3. The van der Waals surface area contributed by atoms with E-state index in [0.717, 1.165) is 21.8 Å². The molecule has 3 rings (SSSR count). The molecule has 0 bridgehead atoms. The predicted molar refractivity (Wildman–Crippen MR) is 91.4 cm³/mol. The van der Waals surface area contributed by atoms with Crippen molar-refractivity contribution in [3.63, 3.8) is 0 Å². The summed E-state index contributed by atoms with van der Waals surface area (Å²) in [5.74, 6) is 0.0811. The Balaban J connectivity index is 1.56. The number of amides is 1. The highest BCUT2D eigenvalue weighted by Crippen LogP contribution is 2.22. The van der Waals surface area contributed by atoms with Crippen molar-refractivity contribution in [2.24, 2.45) is 12.1 Å². The Morgan fingerprint density at radius 2 is 2.09 bits per heavy atom. The van der Waals surface area contributed by atoms with Crippen molar-refractivity contribution in [2.75, 3.05) is 5.75 Å². The molecule has 23 heavy (non-hydrogen) atoms. The molecule has 2 aromatic heterocycles. The summed E-state index contributed by atoms with van der Waals surface area (Å²) in [6.07, 6.45) is 4.93. The van der Waals surface area contributed by atoms with Gasteiger partial charge in [-0.1, -0.05) is 23.9 Å². The van der Waals surface area contributed by atoms with Crippen molar-refractivity contribution in [1.29, 1.82) is 0 Å². The van der Waals surface area contributed by atoms with Crippen LogP contribution in [0, 0.1) is 0 Å². The van der Waals surface area contributed by atoms with E-state index < -0.39 is 0 Å². The number of aromatic nitrogens is 3. The maximum Gasteiger partial charge on any atom is 0.250 e. The summed E-state index contributed by atoms with van der Waals surface area (Å²) in [4.78, 5) is 20.3. The molecule has 0 fully saturated rings. The van der Waals surface area contributed by atoms with Crippen LogP contribution in [0.1, 0.15) is 5.56 Å². The van der Waals surface area contributed by atoms with Crippen LogP contribution in [0.3, 0.4) is 0 Å². The third kappa shape index (κ3) is 3.75. The molecule has 0 saturated heterocycles. The van der Waals surface area contributed by atoms with E-state index in [1.54, 1.807) is 18.6 Å². The zero-order chi connectivity index (χ0) is 16.1. The third-order valence-corrected chi connectivity index (χ3v) is 4.22. The Bertz CT molecular complexity index is 844. The number of fused-ring (bicyclic) bond motifs is 1. The average Bonchev–Trinajstić information content (AvgIpc) is 2.90. The van der Waals surface area contributed by atoms with Crippen molar-refractivity contribution >= 4 is 34.9 Å². The second-order valence-electron chi connectivity index (χ2n) is 4.80. The van der Waals surface area contributed by atoms with Crippen molar-refractivity contribution in [2.45, 2.75) is 5.16 Å². The first-order valence-corrected chi connectivity index (χ1v) is 7.99. The van der Waals surface area contributed by atoms with Gasteiger partial charge < -0.3 is 4.57 Å². The number of para-hydroxylation sites is 2. The summed E-state index contributed by atoms with van der Waals surface area (Å²) in [6.45, 7) is 0. The number of hydrogen-bond donors (Lipinski definition) is 1. The van der Waals surface area contributed by atoms with Crippen LogP contribution >= 0.6 is 11.8 Å². The van der Waals surface area contributed by atoms with Gasteiger partial charge in [-0.3, -0.25) is 9.78 Å². The maximum atomic E-state index is 11.8. The number of carbonyl (C=O) groups is 1. The van der Waals surface area contributed by atoms with Gasteiger partial charge in [0.2, 0.25) is 0 Å². The van der Waals surface area contributed by atoms with Crippen LogP contribution in [0.2, 0.25) is 0 Å². The van der Waals surface area contributed by atoms with E-state index >= 15 is 0 Å². The summed E-state index contributed by atoms with van der Waals surface area (Å²) >= 11 is 1.38. The standard InChI is InChI=1S/C16H15N5OS/c1-21-14-5-3-2-4-13(14)19-16(21)23-11-15(22)20-18-10-12-6-8-17-9-7-12/h2-10H,11H2,1H3,(H,20,22)/b18-10-. The molecule has 0 radical (unpaired) electrons. The molecule has 0 saturated carbocycles. The molecule has 2 heterocycles. The van der Waals surface area contributed by atoms with Gasteiger partial charge in [0.15, 0.2) is 5.16 Å². The molecule has 0 atom stereocenters. The Morgan fingerprint density at radius 3 is 2.87 bits per heavy atom. The molecule has 0 aliphatic carbocycles. The number of thioether (sulfide) groups is 1. The number of nitrogens with one attached hydrogen (secondary N) is 1. The first-order valence-electron chi connectivity index (χ1n) is 7.00. The highest BCUT2D eigenvalue weighted by molar-refractivity contribution is 7.99. The zero-order valence-electron chi connectivity index (χ0n) is 12.5. The van der Waals surface area contributed by atoms with Crippen LogP contribution in [0.15, 0.2) is 59.0 Å². The average molecular weight is 325 g/mol. The summed E-state index contributed by atoms with van der Waals surface area (Å²) in [5, 5.41) is 4.73. The smallest absolute Gasteiger partial charge is 0.250 e. The van der Waals surface area contributed by atoms with Gasteiger partial charge in [0.25, 0.3) is 5.91 Å². The highest BCUT2D eigenvalue weighted by Gasteiger charge is 2.09. The molecule has 116 valence electrons. The Labute approximate surface area is 137 Å². The number of hydrogen-bond acceptors (Lipinski definition) is 5. The van der Waals surface area contributed by atoms with Crippen LogP contribution in [0.4, 0.5) is 0 Å². The summed E-state index contributed by atoms with van der Waals surface area (Å²) in [6, 6.07) is 11.5. The number of imidazole rings is 1. The number of hydrazone groups is 1. The largest absolute Gasteiger partial charge is 0.322 e. The van der Waals surface area contributed by atoms with E-state index in [2.05, 4.69) is 20.5 Å². The molecule has 0 spiro atoms. The number of rotatable bonds is 5. The molecule has 3 aromatic rings. The lowest BCUT2D eigenvalue weighted by atomic mass is 10.3. The summed E-state index contributed by atoms with van der Waals surface area (Å²) < 4.78 is 1.98. The van der Waals surface area contributed by atoms with Gasteiger partial charge >= 0.3 is 0 Å². The fourth-order valence-electron chi connectivity index (χ4n) is 2.04. The SMILES string of the molecule is Cn1c(SCC(=O)N/N=C\c2ccncc2)nc2ccccc21. The van der Waals surface area contributed by atoms with Gasteiger partial charge in [-0.05, 0) is 29.8 Å². The topological polar surface area (TPSA) is 72.2 Å². The fraction of sp³-hybridized carbons (Fsp3) is 0.125. The molecule has 0 aliphatic heterocycles. The van der Waals surface area contributed by atoms with Crippen molar-refractivity contribution in [3.8, 4) is 0 Å². The highest BCUT2D eigenvalue weighted by atomic mass is 32.2. The van der Waals surface area contributed by atoms with Crippen LogP contribution in [-0.4, -0.2) is 32.4 Å². The van der Waals surface area contributed by atoms with Crippen molar-refractivity contribution in [1.82, 2.24) is 20.0 Å². The van der Waals surface area contributed by atoms with Crippen LogP contribution in [0.5, 0.6) is 0 Å². The van der Waals surface area contributed by atoms with E-state index in [1.165, 1.54) is 11.8 Å². The lowest BCUT2D eigenvalue weighted by molar-refractivity contribution is -0.118. The quantitative estimate of drug-likeness (QED) is 0.443. The van der Waals surface area contributed by atoms with E-state index in [1.807, 2.05) is 48.0 Å². The van der Waals surface area contributed by atoms with E-state index in [-0.39, 0.29) is 11.7 Å². The number of nitrogens with zero attached hydrogens (tertiary/aromatic N) is 4. The molecule has 1 N–H and O–H groups in total. The summed E-state index contributed by atoms with van der Waals surface area (Å²) in [7, 11) is 1.94. The van der Waals surface area contributed by atoms with Crippen LogP contribution < -0.4 is 5.43 Å². The monoisotopic (exact) mass is 325 g/mol. The van der Waals surface area contributed by atoms with Gasteiger partial charge in [-0.15, -0.1) is 0 Å². The molecule has 0 aliphatic rings. The van der Waals surface area contributed by atoms with Crippen LogP contribution in [0.25, 0.3) is 11.0 Å². The molecule has 1 aromatic carbocycles. The number of aryl methyl sites for hydroxylation is 1. The second kappa shape index (κ2) is 7.06. The third-order valence-electron chi connectivity index (χ3n) is 3.19. The van der Waals surface area contributed by atoms with E-state index in [9.17, 15) is 4.79 Å². The predicted octanol–water partition coefficient (Wildman–Crippen LogP) is 2.21. The fourth-order valence-corrected chi connectivity index (χ4v) is 2.82. The van der Waals surface area contributed by atoms with Gasteiger partial charge in [0.1, 0.15) is 0 Å². The number of pyridine rings is 1. The Morgan fingerprint density at radius 1 is 1.30 bits per heavy atom. The molecular formula is C16H15N5OS. The van der Waals surface area contributed by atoms with Gasteiger partial charge in [0, 0.05) is 19.4 Å². The minimum Gasteiger partial charge on any atom is -0.322 e. The van der Waals surface area contributed by atoms with Crippen molar-refractivity contribution < 1.29 is 4.79 Å². The normalized spacial score (nSPS) is 11.2. The van der Waals surface area contributed by atoms with Crippen LogP contribution in [-0.2, 0) is 11.8 Å². The molecule has 6 nitrogen and oxygen atoms in total. The minimum atomic E-state index is -0.174. The first-order chi connectivity index (χ1) is 11.2. The van der Waals surface area contributed by atoms with Gasteiger partial charge in [-0.2, -0.15) is 5.10 Å². The van der Waals surface area contributed by atoms with Crippen molar-refractivity contribution in [3.05, 3.63) is 54.4 Å². The number of carbonyl (C=O) groups excluding carboxylic acids is 1. The molecule has 7 heteroatoms. The Kier molecular flexibility index (Phi) is 4.68. The lowest BCUT2D eigenvalue weighted by Crippen LogP contribution is -2.19. The van der Waals surface area contributed by atoms with Gasteiger partial charge in [0.05, 0.1) is 23.0 Å². The Hall–Kier alpha value is -2.67. The van der Waals surface area contributed by atoms with Gasteiger partial charge in [-0.25, -0.2) is 10.4 Å². The van der Waals surface area contributed by atoms with E-state index in [4.69, 9.17) is 0 Å². The second-order valence-corrected chi connectivity index (χ2v) is 5.75.